The molecule has 0 radical (unpaired) electrons. The van der Waals surface area contributed by atoms with Crippen molar-refractivity contribution in [2.24, 2.45) is 0 Å². The zero-order valence-corrected chi connectivity index (χ0v) is 17.5. The van der Waals surface area contributed by atoms with Crippen molar-refractivity contribution < 1.29 is 14.2 Å². The number of methoxy groups -OCH3 is 1. The lowest BCUT2D eigenvalue weighted by Gasteiger charge is -2.45. The van der Waals surface area contributed by atoms with E-state index in [2.05, 4.69) is 38.0 Å². The van der Waals surface area contributed by atoms with Gasteiger partial charge in [-0.3, -0.25) is 0 Å². The number of nitrogen functional groups attached to an aromatic ring is 1. The number of nitrogens with two attached hydrogens (primary N) is 1. The molecular formula is C22H29N5O3. The molecule has 8 nitrogen and oxygen atoms in total. The number of hydrogen-bond donors (Lipinski definition) is 1. The fraction of sp³-hybridized carbons (Fsp3) is 0.545. The summed E-state index contributed by atoms with van der Waals surface area (Å²) in [4.78, 5) is 13.5. The summed E-state index contributed by atoms with van der Waals surface area (Å²) < 4.78 is 17.6. The zero-order chi connectivity index (χ0) is 20.6. The van der Waals surface area contributed by atoms with Crippen molar-refractivity contribution in [2.75, 3.05) is 68.6 Å². The van der Waals surface area contributed by atoms with E-state index >= 15 is 0 Å². The molecule has 2 aromatic rings. The van der Waals surface area contributed by atoms with Crippen molar-refractivity contribution >= 4 is 17.6 Å². The predicted octanol–water partition coefficient (Wildman–Crippen LogP) is 1.97. The van der Waals surface area contributed by atoms with Gasteiger partial charge >= 0.3 is 0 Å². The van der Waals surface area contributed by atoms with E-state index in [0.717, 1.165) is 69.4 Å². The van der Waals surface area contributed by atoms with Crippen LogP contribution in [-0.2, 0) is 21.5 Å². The number of morpholine rings is 1. The maximum atomic E-state index is 6.42. The quantitative estimate of drug-likeness (QED) is 0.821. The van der Waals surface area contributed by atoms with Gasteiger partial charge in [-0.05, 0) is 30.9 Å². The predicted molar refractivity (Wildman–Crippen MR) is 115 cm³/mol. The molecule has 8 heteroatoms. The highest BCUT2D eigenvalue weighted by molar-refractivity contribution is 5.55. The van der Waals surface area contributed by atoms with Gasteiger partial charge in [-0.15, -0.1) is 0 Å². The second kappa shape index (κ2) is 7.92. The molecule has 3 aliphatic rings. The van der Waals surface area contributed by atoms with E-state index in [1.165, 1.54) is 11.1 Å². The number of rotatable bonds is 3. The summed E-state index contributed by atoms with van der Waals surface area (Å²) in [5.41, 5.74) is 8.35. The minimum absolute atomic E-state index is 0.289. The van der Waals surface area contributed by atoms with Crippen molar-refractivity contribution in [3.8, 4) is 5.75 Å². The summed E-state index contributed by atoms with van der Waals surface area (Å²) in [5, 5.41) is 0. The van der Waals surface area contributed by atoms with E-state index in [9.17, 15) is 0 Å². The standard InChI is InChI=1S/C22H29N5O3/c1-28-17-4-2-3-16-5-12-30-22(20(16)17)6-8-26(9-7-22)18-15-19(25-21(23)24-18)27-10-13-29-14-11-27/h2-4,15H,5-14H2,1H3,(H2,23,24,25). The number of anilines is 3. The molecule has 0 aliphatic carbocycles. The maximum absolute atomic E-state index is 6.42. The van der Waals surface area contributed by atoms with Crippen molar-refractivity contribution in [3.05, 3.63) is 35.4 Å². The maximum Gasteiger partial charge on any atom is 0.223 e. The van der Waals surface area contributed by atoms with E-state index in [1.807, 2.05) is 6.07 Å². The van der Waals surface area contributed by atoms with Crippen molar-refractivity contribution in [3.63, 3.8) is 0 Å². The van der Waals surface area contributed by atoms with E-state index in [0.29, 0.717) is 19.2 Å². The van der Waals surface area contributed by atoms with Gasteiger partial charge in [0.1, 0.15) is 23.0 Å². The number of benzene rings is 1. The van der Waals surface area contributed by atoms with Crippen LogP contribution in [0.1, 0.15) is 24.0 Å². The molecular weight excluding hydrogens is 382 g/mol. The van der Waals surface area contributed by atoms with Gasteiger partial charge in [0.05, 0.1) is 26.9 Å². The van der Waals surface area contributed by atoms with E-state index in [1.54, 1.807) is 7.11 Å². The molecule has 1 aromatic carbocycles. The van der Waals surface area contributed by atoms with Gasteiger partial charge in [0, 0.05) is 37.8 Å². The van der Waals surface area contributed by atoms with Gasteiger partial charge in [0.2, 0.25) is 5.95 Å². The van der Waals surface area contributed by atoms with E-state index in [-0.39, 0.29) is 5.60 Å². The number of nitrogens with zero attached hydrogens (tertiary/aromatic N) is 4. The van der Waals surface area contributed by atoms with Crippen LogP contribution in [0.5, 0.6) is 5.75 Å². The minimum atomic E-state index is -0.289. The SMILES string of the molecule is COc1cccc2c1C1(CCN(c3cc(N4CCOCC4)nc(N)n3)CC1)OCC2. The molecule has 3 aliphatic heterocycles. The average Bonchev–Trinajstić information content (AvgIpc) is 2.79. The number of aromatic nitrogens is 2. The molecule has 1 aromatic heterocycles. The normalized spacial score (nSPS) is 20.8. The number of hydrogen-bond acceptors (Lipinski definition) is 8. The molecule has 160 valence electrons. The van der Waals surface area contributed by atoms with Crippen LogP contribution in [0, 0.1) is 0 Å². The molecule has 4 heterocycles. The summed E-state index contributed by atoms with van der Waals surface area (Å²) in [5.74, 6) is 3.01. The highest BCUT2D eigenvalue weighted by Gasteiger charge is 2.43. The van der Waals surface area contributed by atoms with Crippen LogP contribution in [0.4, 0.5) is 17.6 Å². The van der Waals surface area contributed by atoms with Crippen LogP contribution in [0.2, 0.25) is 0 Å². The Labute approximate surface area is 176 Å². The lowest BCUT2D eigenvalue weighted by atomic mass is 9.79. The van der Waals surface area contributed by atoms with Crippen molar-refractivity contribution in [2.45, 2.75) is 24.9 Å². The first-order valence-electron chi connectivity index (χ1n) is 10.7. The van der Waals surface area contributed by atoms with Gasteiger partial charge in [0.25, 0.3) is 0 Å². The largest absolute Gasteiger partial charge is 0.496 e. The third kappa shape index (κ3) is 3.44. The van der Waals surface area contributed by atoms with Gasteiger partial charge in [-0.1, -0.05) is 12.1 Å². The fourth-order valence-electron chi connectivity index (χ4n) is 4.95. The summed E-state index contributed by atoms with van der Waals surface area (Å²) in [6, 6.07) is 8.37. The third-order valence-corrected chi connectivity index (χ3v) is 6.48. The second-order valence-electron chi connectivity index (χ2n) is 8.12. The lowest BCUT2D eigenvalue weighted by molar-refractivity contribution is -0.0780. The first-order valence-corrected chi connectivity index (χ1v) is 10.7. The van der Waals surface area contributed by atoms with Crippen LogP contribution in [0.15, 0.2) is 24.3 Å². The Morgan fingerprint density at radius 2 is 1.70 bits per heavy atom. The number of piperidine rings is 1. The third-order valence-electron chi connectivity index (χ3n) is 6.48. The Kier molecular flexibility index (Phi) is 5.12. The van der Waals surface area contributed by atoms with E-state index < -0.39 is 0 Å². The van der Waals surface area contributed by atoms with Crippen LogP contribution in [0.25, 0.3) is 0 Å². The summed E-state index contributed by atoms with van der Waals surface area (Å²) >= 11 is 0. The molecule has 0 unspecified atom stereocenters. The average molecular weight is 412 g/mol. The zero-order valence-electron chi connectivity index (χ0n) is 17.5. The van der Waals surface area contributed by atoms with Gasteiger partial charge < -0.3 is 29.7 Å². The molecule has 2 fully saturated rings. The molecule has 0 bridgehead atoms. The minimum Gasteiger partial charge on any atom is -0.496 e. The lowest BCUT2D eigenvalue weighted by Crippen LogP contribution is -2.47. The van der Waals surface area contributed by atoms with Crippen LogP contribution in [0.3, 0.4) is 0 Å². The fourth-order valence-corrected chi connectivity index (χ4v) is 4.95. The van der Waals surface area contributed by atoms with E-state index in [4.69, 9.17) is 19.9 Å². The molecule has 30 heavy (non-hydrogen) atoms. The molecule has 0 atom stereocenters. The highest BCUT2D eigenvalue weighted by Crippen LogP contribution is 2.46. The first-order chi connectivity index (χ1) is 14.7. The molecule has 2 N–H and O–H groups in total. The topological polar surface area (TPSA) is 86.0 Å². The van der Waals surface area contributed by atoms with Crippen LogP contribution < -0.4 is 20.3 Å². The highest BCUT2D eigenvalue weighted by atomic mass is 16.5. The molecule has 1 spiro atoms. The molecule has 0 amide bonds. The monoisotopic (exact) mass is 411 g/mol. The number of ether oxygens (including phenoxy) is 3. The van der Waals surface area contributed by atoms with Crippen LogP contribution >= 0.6 is 0 Å². The Hall–Kier alpha value is -2.58. The first kappa shape index (κ1) is 19.4. The van der Waals surface area contributed by atoms with Crippen molar-refractivity contribution in [1.29, 1.82) is 0 Å². The summed E-state index contributed by atoms with van der Waals surface area (Å²) in [7, 11) is 1.74. The molecule has 0 saturated carbocycles. The Bertz CT molecular complexity index is 893. The second-order valence-corrected chi connectivity index (χ2v) is 8.12. The number of fused-ring (bicyclic) bond motifs is 2. The van der Waals surface area contributed by atoms with Gasteiger partial charge in [-0.2, -0.15) is 9.97 Å². The Morgan fingerprint density at radius 3 is 2.40 bits per heavy atom. The Balaban J connectivity index is 1.38. The summed E-state index contributed by atoms with van der Waals surface area (Å²) in [6.45, 7) is 5.51. The Morgan fingerprint density at radius 1 is 1.00 bits per heavy atom. The molecule has 2 saturated heterocycles. The summed E-state index contributed by atoms with van der Waals surface area (Å²) in [6.07, 6.45) is 2.71. The molecule has 5 rings (SSSR count). The van der Waals surface area contributed by atoms with Gasteiger partial charge in [0.15, 0.2) is 0 Å². The van der Waals surface area contributed by atoms with Crippen LogP contribution in [-0.4, -0.2) is 63.1 Å². The van der Waals surface area contributed by atoms with Gasteiger partial charge in [-0.25, -0.2) is 0 Å². The van der Waals surface area contributed by atoms with Crippen molar-refractivity contribution in [1.82, 2.24) is 9.97 Å². The smallest absolute Gasteiger partial charge is 0.223 e.